The highest BCUT2D eigenvalue weighted by Gasteiger charge is 2.10. The lowest BCUT2D eigenvalue weighted by molar-refractivity contribution is -0.120. The van der Waals surface area contributed by atoms with E-state index in [1.807, 2.05) is 20.2 Å². The number of aryl methyl sites for hydroxylation is 1. The summed E-state index contributed by atoms with van der Waals surface area (Å²) in [4.78, 5) is 10.9. The van der Waals surface area contributed by atoms with Crippen LogP contribution in [-0.2, 0) is 18.3 Å². The third-order valence-electron chi connectivity index (χ3n) is 1.86. The molecule has 66 valence electrons. The summed E-state index contributed by atoms with van der Waals surface area (Å²) in [5, 5.41) is 7.68. The summed E-state index contributed by atoms with van der Waals surface area (Å²) in [7, 11) is 1.81. The molecule has 12 heavy (non-hydrogen) atoms. The molecule has 0 saturated carbocycles. The van der Waals surface area contributed by atoms with Gasteiger partial charge in [0.25, 0.3) is 0 Å². The van der Waals surface area contributed by atoms with Crippen molar-refractivity contribution in [3.63, 3.8) is 0 Å². The summed E-state index contributed by atoms with van der Waals surface area (Å²) in [6.45, 7) is 3.50. The van der Waals surface area contributed by atoms with Gasteiger partial charge in [-0.3, -0.25) is 9.48 Å². The van der Waals surface area contributed by atoms with Crippen LogP contribution in [0.5, 0.6) is 0 Å². The van der Waals surface area contributed by atoms with E-state index in [0.29, 0.717) is 6.42 Å². The van der Waals surface area contributed by atoms with Gasteiger partial charge in [0, 0.05) is 25.6 Å². The molecule has 0 radical (unpaired) electrons. The van der Waals surface area contributed by atoms with E-state index >= 15 is 0 Å². The Labute approximate surface area is 71.6 Å². The first-order valence-corrected chi connectivity index (χ1v) is 3.95. The fourth-order valence-electron chi connectivity index (χ4n) is 0.946. The van der Waals surface area contributed by atoms with Gasteiger partial charge in [0.05, 0.1) is 5.69 Å². The van der Waals surface area contributed by atoms with Gasteiger partial charge in [0.15, 0.2) is 0 Å². The number of carbonyl (C=O) groups is 1. The van der Waals surface area contributed by atoms with Crippen LogP contribution in [0.3, 0.4) is 0 Å². The zero-order chi connectivity index (χ0) is 9.14. The lowest BCUT2D eigenvalue weighted by Crippen LogP contribution is -2.09. The maximum atomic E-state index is 10.9. The van der Waals surface area contributed by atoms with Gasteiger partial charge < -0.3 is 0 Å². The Morgan fingerprint density at radius 2 is 2.42 bits per heavy atom. The smallest absolute Gasteiger partial charge is 0.133 e. The molecule has 1 atom stereocenters. The Kier molecular flexibility index (Phi) is 2.58. The van der Waals surface area contributed by atoms with Crippen molar-refractivity contribution in [2.45, 2.75) is 20.3 Å². The van der Waals surface area contributed by atoms with Crippen LogP contribution in [0.15, 0.2) is 6.20 Å². The summed E-state index contributed by atoms with van der Waals surface area (Å²) in [6, 6.07) is 0. The molecule has 1 rings (SSSR count). The molecule has 4 nitrogen and oxygen atoms in total. The summed E-state index contributed by atoms with van der Waals surface area (Å²) < 4.78 is 1.64. The zero-order valence-electron chi connectivity index (χ0n) is 7.61. The van der Waals surface area contributed by atoms with Crippen LogP contribution < -0.4 is 0 Å². The molecule has 0 N–H and O–H groups in total. The van der Waals surface area contributed by atoms with E-state index in [2.05, 4.69) is 10.3 Å². The van der Waals surface area contributed by atoms with Crippen molar-refractivity contribution in [2.75, 3.05) is 0 Å². The fraction of sp³-hybridized carbons (Fsp3) is 0.625. The average molecular weight is 167 g/mol. The first-order valence-electron chi connectivity index (χ1n) is 3.95. The third kappa shape index (κ3) is 2.15. The minimum Gasteiger partial charge on any atom is -0.300 e. The summed E-state index contributed by atoms with van der Waals surface area (Å²) >= 11 is 0. The van der Waals surface area contributed by atoms with Crippen LogP contribution in [0.1, 0.15) is 19.5 Å². The highest BCUT2D eigenvalue weighted by molar-refractivity contribution is 5.78. The Morgan fingerprint density at radius 3 is 2.83 bits per heavy atom. The molecule has 0 amide bonds. The van der Waals surface area contributed by atoms with E-state index in [9.17, 15) is 4.79 Å². The van der Waals surface area contributed by atoms with E-state index in [1.165, 1.54) is 0 Å². The predicted molar refractivity (Wildman–Crippen MR) is 44.6 cm³/mol. The normalized spacial score (nSPS) is 12.9. The predicted octanol–water partition coefficient (Wildman–Crippen LogP) is 0.583. The Morgan fingerprint density at radius 1 is 1.75 bits per heavy atom. The van der Waals surface area contributed by atoms with Crippen LogP contribution in [0.25, 0.3) is 0 Å². The van der Waals surface area contributed by atoms with Crippen molar-refractivity contribution in [3.05, 3.63) is 11.9 Å². The maximum Gasteiger partial charge on any atom is 0.133 e. The van der Waals surface area contributed by atoms with E-state index in [4.69, 9.17) is 0 Å². The van der Waals surface area contributed by atoms with Gasteiger partial charge in [-0.25, -0.2) is 0 Å². The molecule has 1 unspecified atom stereocenters. The minimum absolute atomic E-state index is 0.0432. The van der Waals surface area contributed by atoms with Crippen molar-refractivity contribution >= 4 is 5.78 Å². The average Bonchev–Trinajstić information content (AvgIpc) is 2.35. The van der Waals surface area contributed by atoms with Gasteiger partial charge in [0.1, 0.15) is 5.78 Å². The summed E-state index contributed by atoms with van der Waals surface area (Å²) in [6.07, 6.45) is 2.52. The summed E-state index contributed by atoms with van der Waals surface area (Å²) in [5.74, 6) is 0.238. The van der Waals surface area contributed by atoms with Gasteiger partial charge in [-0.2, -0.15) is 0 Å². The minimum atomic E-state index is 0.0432. The topological polar surface area (TPSA) is 47.8 Å². The van der Waals surface area contributed by atoms with Crippen LogP contribution in [0.2, 0.25) is 0 Å². The molecule has 0 aromatic carbocycles. The van der Waals surface area contributed by atoms with Crippen molar-refractivity contribution in [1.29, 1.82) is 0 Å². The van der Waals surface area contributed by atoms with Crippen molar-refractivity contribution in [2.24, 2.45) is 13.0 Å². The molecule has 0 bridgehead atoms. The maximum absolute atomic E-state index is 10.9. The van der Waals surface area contributed by atoms with Crippen molar-refractivity contribution in [1.82, 2.24) is 15.0 Å². The van der Waals surface area contributed by atoms with Crippen LogP contribution >= 0.6 is 0 Å². The molecular formula is C8H13N3O. The van der Waals surface area contributed by atoms with Crippen LogP contribution in [0.4, 0.5) is 0 Å². The van der Waals surface area contributed by atoms with Crippen molar-refractivity contribution in [3.8, 4) is 0 Å². The third-order valence-corrected chi connectivity index (χ3v) is 1.86. The SMILES string of the molecule is CC(=O)C(C)Cc1cn(C)nn1. The second-order valence-corrected chi connectivity index (χ2v) is 3.10. The number of nitrogens with zero attached hydrogens (tertiary/aromatic N) is 3. The quantitative estimate of drug-likeness (QED) is 0.661. The van der Waals surface area contributed by atoms with Gasteiger partial charge in [0.2, 0.25) is 0 Å². The van der Waals surface area contributed by atoms with E-state index in [-0.39, 0.29) is 11.7 Å². The number of Topliss-reactive ketones (excluding diaryl/α,β-unsaturated/α-hetero) is 1. The number of aromatic nitrogens is 3. The second-order valence-electron chi connectivity index (χ2n) is 3.10. The standard InChI is InChI=1S/C8H13N3O/c1-6(7(2)12)4-8-5-11(3)10-9-8/h5-6H,4H2,1-3H3. The first-order chi connectivity index (χ1) is 5.59. The van der Waals surface area contributed by atoms with E-state index < -0.39 is 0 Å². The molecule has 0 spiro atoms. The van der Waals surface area contributed by atoms with Gasteiger partial charge in [-0.1, -0.05) is 12.1 Å². The first kappa shape index (κ1) is 8.90. The molecule has 0 aliphatic rings. The molecule has 1 aromatic rings. The molecule has 0 aliphatic carbocycles. The Bertz CT molecular complexity index is 280. The molecular weight excluding hydrogens is 154 g/mol. The van der Waals surface area contributed by atoms with E-state index in [1.54, 1.807) is 11.6 Å². The molecule has 0 saturated heterocycles. The molecule has 1 heterocycles. The van der Waals surface area contributed by atoms with Crippen LogP contribution in [-0.4, -0.2) is 20.8 Å². The molecule has 0 aliphatic heterocycles. The number of hydrogen-bond acceptors (Lipinski definition) is 3. The highest BCUT2D eigenvalue weighted by Crippen LogP contribution is 2.05. The number of hydrogen-bond donors (Lipinski definition) is 0. The number of ketones is 1. The number of rotatable bonds is 3. The lowest BCUT2D eigenvalue weighted by atomic mass is 10.0. The van der Waals surface area contributed by atoms with Gasteiger partial charge in [-0.05, 0) is 6.92 Å². The van der Waals surface area contributed by atoms with Gasteiger partial charge in [-0.15, -0.1) is 5.10 Å². The largest absolute Gasteiger partial charge is 0.300 e. The van der Waals surface area contributed by atoms with Crippen molar-refractivity contribution < 1.29 is 4.79 Å². The fourth-order valence-corrected chi connectivity index (χ4v) is 0.946. The van der Waals surface area contributed by atoms with Gasteiger partial charge >= 0.3 is 0 Å². The number of carbonyl (C=O) groups excluding carboxylic acids is 1. The highest BCUT2D eigenvalue weighted by atomic mass is 16.1. The lowest BCUT2D eigenvalue weighted by Gasteiger charge is -2.02. The zero-order valence-corrected chi connectivity index (χ0v) is 7.61. The Hall–Kier alpha value is -1.19. The Balaban J connectivity index is 2.58. The second kappa shape index (κ2) is 3.47. The molecule has 1 aromatic heterocycles. The summed E-state index contributed by atoms with van der Waals surface area (Å²) in [5.41, 5.74) is 0.875. The monoisotopic (exact) mass is 167 g/mol. The van der Waals surface area contributed by atoms with E-state index in [0.717, 1.165) is 5.69 Å². The van der Waals surface area contributed by atoms with Crippen LogP contribution in [0, 0.1) is 5.92 Å². The molecule has 4 heteroatoms. The molecule has 0 fully saturated rings.